The minimum absolute atomic E-state index is 0.625. The predicted octanol–water partition coefficient (Wildman–Crippen LogP) is 0.973. The number of hydrogen-bond donors (Lipinski definition) is 0. The molecular formula is C7H17NO. The molecule has 0 N–H and O–H groups in total. The van der Waals surface area contributed by atoms with Crippen LogP contribution in [0.3, 0.4) is 0 Å². The quantitative estimate of drug-likeness (QED) is 0.563. The van der Waals surface area contributed by atoms with Gasteiger partial charge in [0.2, 0.25) is 0 Å². The molecule has 2 nitrogen and oxygen atoms in total. The minimum atomic E-state index is 0.625. The molecule has 56 valence electrons. The number of rotatable bonds is 4. The summed E-state index contributed by atoms with van der Waals surface area (Å²) in [7, 11) is 3.83. The molecule has 9 heavy (non-hydrogen) atoms. The van der Waals surface area contributed by atoms with Gasteiger partial charge in [0, 0.05) is 19.7 Å². The Bertz CT molecular complexity index is 63.9. The zero-order valence-corrected chi connectivity index (χ0v) is 6.85. The highest BCUT2D eigenvalue weighted by atomic mass is 16.5. The molecule has 2 heteroatoms. The molecule has 0 aliphatic rings. The number of methoxy groups -OCH3 is 1. The molecule has 0 spiro atoms. The highest BCUT2D eigenvalue weighted by molar-refractivity contribution is 4.54. The van der Waals surface area contributed by atoms with Gasteiger partial charge in [0.1, 0.15) is 0 Å². The summed E-state index contributed by atoms with van der Waals surface area (Å²) in [6.07, 6.45) is 0. The van der Waals surface area contributed by atoms with Crippen LogP contribution in [0.15, 0.2) is 0 Å². The molecule has 0 radical (unpaired) electrons. The molecule has 0 bridgehead atoms. The summed E-state index contributed by atoms with van der Waals surface area (Å²) in [6.45, 7) is 6.20. The second-order valence-electron chi connectivity index (χ2n) is 2.57. The SMILES string of the molecule is COCCN(C)C(C)C. The van der Waals surface area contributed by atoms with E-state index in [4.69, 9.17) is 4.74 Å². The first kappa shape index (κ1) is 8.92. The van der Waals surface area contributed by atoms with Crippen LogP contribution in [0.1, 0.15) is 13.8 Å². The predicted molar refractivity (Wildman–Crippen MR) is 39.6 cm³/mol. The third-order valence-corrected chi connectivity index (χ3v) is 1.53. The maximum absolute atomic E-state index is 4.92. The molecule has 0 aromatic rings. The Hall–Kier alpha value is -0.0800. The van der Waals surface area contributed by atoms with Crippen LogP contribution in [-0.4, -0.2) is 38.3 Å². The van der Waals surface area contributed by atoms with Gasteiger partial charge in [0.05, 0.1) is 6.61 Å². The first-order valence-corrected chi connectivity index (χ1v) is 3.37. The summed E-state index contributed by atoms with van der Waals surface area (Å²) in [5, 5.41) is 0. The van der Waals surface area contributed by atoms with Crippen molar-refractivity contribution in [3.05, 3.63) is 0 Å². The van der Waals surface area contributed by atoms with Crippen molar-refractivity contribution in [2.45, 2.75) is 19.9 Å². The van der Waals surface area contributed by atoms with Gasteiger partial charge in [-0.3, -0.25) is 0 Å². The molecule has 0 aliphatic heterocycles. The molecule has 0 aromatic heterocycles. The molecule has 0 saturated heterocycles. The van der Waals surface area contributed by atoms with E-state index in [0.29, 0.717) is 6.04 Å². The van der Waals surface area contributed by atoms with Crippen LogP contribution in [-0.2, 0) is 4.74 Å². The number of nitrogens with zero attached hydrogens (tertiary/aromatic N) is 1. The molecule has 0 aromatic carbocycles. The van der Waals surface area contributed by atoms with Crippen LogP contribution in [0.2, 0.25) is 0 Å². The van der Waals surface area contributed by atoms with E-state index in [9.17, 15) is 0 Å². The average molecular weight is 131 g/mol. The monoisotopic (exact) mass is 131 g/mol. The Balaban J connectivity index is 3.16. The Morgan fingerprint density at radius 2 is 2.00 bits per heavy atom. The van der Waals surface area contributed by atoms with Crippen molar-refractivity contribution in [3.8, 4) is 0 Å². The lowest BCUT2D eigenvalue weighted by molar-refractivity contribution is 0.147. The molecule has 0 unspecified atom stereocenters. The van der Waals surface area contributed by atoms with Crippen LogP contribution in [0.4, 0.5) is 0 Å². The highest BCUT2D eigenvalue weighted by Gasteiger charge is 1.99. The third-order valence-electron chi connectivity index (χ3n) is 1.53. The lowest BCUT2D eigenvalue weighted by Gasteiger charge is -2.19. The maximum Gasteiger partial charge on any atom is 0.0589 e. The Kier molecular flexibility index (Phi) is 4.72. The molecule has 0 amide bonds. The van der Waals surface area contributed by atoms with Crippen LogP contribution < -0.4 is 0 Å². The molecule has 0 rings (SSSR count). The average Bonchev–Trinajstić information content (AvgIpc) is 1.82. The molecule has 0 heterocycles. The molecule has 0 saturated carbocycles. The normalized spacial score (nSPS) is 11.3. The van der Waals surface area contributed by atoms with Crippen molar-refractivity contribution in [3.63, 3.8) is 0 Å². The van der Waals surface area contributed by atoms with E-state index >= 15 is 0 Å². The van der Waals surface area contributed by atoms with E-state index in [-0.39, 0.29) is 0 Å². The lowest BCUT2D eigenvalue weighted by Crippen LogP contribution is -2.29. The zero-order valence-electron chi connectivity index (χ0n) is 6.85. The summed E-state index contributed by atoms with van der Waals surface area (Å²) < 4.78 is 4.92. The Labute approximate surface area is 57.8 Å². The summed E-state index contributed by atoms with van der Waals surface area (Å²) in [6, 6.07) is 0.625. The fraction of sp³-hybridized carbons (Fsp3) is 1.00. The maximum atomic E-state index is 4.92. The van der Waals surface area contributed by atoms with Gasteiger partial charge in [-0.05, 0) is 20.9 Å². The highest BCUT2D eigenvalue weighted by Crippen LogP contribution is 1.91. The number of ether oxygens (including phenoxy) is 1. The first-order chi connectivity index (χ1) is 4.18. The van der Waals surface area contributed by atoms with Crippen LogP contribution in [0.25, 0.3) is 0 Å². The van der Waals surface area contributed by atoms with Crippen molar-refractivity contribution in [1.29, 1.82) is 0 Å². The fourth-order valence-electron chi connectivity index (χ4n) is 0.493. The van der Waals surface area contributed by atoms with E-state index < -0.39 is 0 Å². The Morgan fingerprint density at radius 1 is 1.44 bits per heavy atom. The van der Waals surface area contributed by atoms with Gasteiger partial charge in [-0.15, -0.1) is 0 Å². The van der Waals surface area contributed by atoms with Gasteiger partial charge < -0.3 is 9.64 Å². The van der Waals surface area contributed by atoms with Crippen molar-refractivity contribution >= 4 is 0 Å². The zero-order chi connectivity index (χ0) is 7.28. The summed E-state index contributed by atoms with van der Waals surface area (Å²) in [5.74, 6) is 0. The van der Waals surface area contributed by atoms with Crippen molar-refractivity contribution in [1.82, 2.24) is 4.90 Å². The van der Waals surface area contributed by atoms with Gasteiger partial charge in [-0.1, -0.05) is 0 Å². The third kappa shape index (κ3) is 4.43. The van der Waals surface area contributed by atoms with E-state index in [2.05, 4.69) is 25.8 Å². The number of likely N-dealkylation sites (N-methyl/N-ethyl adjacent to an activating group) is 1. The van der Waals surface area contributed by atoms with Crippen LogP contribution >= 0.6 is 0 Å². The van der Waals surface area contributed by atoms with E-state index in [1.165, 1.54) is 0 Å². The van der Waals surface area contributed by atoms with Crippen molar-refractivity contribution in [2.24, 2.45) is 0 Å². The van der Waals surface area contributed by atoms with Gasteiger partial charge in [-0.25, -0.2) is 0 Å². The standard InChI is InChI=1S/C7H17NO/c1-7(2)8(3)5-6-9-4/h7H,5-6H2,1-4H3. The molecular weight excluding hydrogens is 114 g/mol. The summed E-state index contributed by atoms with van der Waals surface area (Å²) >= 11 is 0. The van der Waals surface area contributed by atoms with Crippen LogP contribution in [0.5, 0.6) is 0 Å². The Morgan fingerprint density at radius 3 is 2.33 bits per heavy atom. The van der Waals surface area contributed by atoms with Gasteiger partial charge >= 0.3 is 0 Å². The lowest BCUT2D eigenvalue weighted by atomic mass is 10.3. The van der Waals surface area contributed by atoms with Gasteiger partial charge in [0.25, 0.3) is 0 Å². The smallest absolute Gasteiger partial charge is 0.0589 e. The van der Waals surface area contributed by atoms with Crippen LogP contribution in [0, 0.1) is 0 Å². The van der Waals surface area contributed by atoms with E-state index in [1.807, 2.05) is 0 Å². The van der Waals surface area contributed by atoms with Gasteiger partial charge in [-0.2, -0.15) is 0 Å². The second-order valence-corrected chi connectivity index (χ2v) is 2.57. The molecule has 0 fully saturated rings. The topological polar surface area (TPSA) is 12.5 Å². The summed E-state index contributed by atoms with van der Waals surface area (Å²) in [5.41, 5.74) is 0. The molecule has 0 atom stereocenters. The number of hydrogen-bond acceptors (Lipinski definition) is 2. The van der Waals surface area contributed by atoms with E-state index in [1.54, 1.807) is 7.11 Å². The van der Waals surface area contributed by atoms with Crippen molar-refractivity contribution < 1.29 is 4.74 Å². The largest absolute Gasteiger partial charge is 0.383 e. The van der Waals surface area contributed by atoms with E-state index in [0.717, 1.165) is 13.2 Å². The first-order valence-electron chi connectivity index (χ1n) is 3.37. The molecule has 0 aliphatic carbocycles. The second kappa shape index (κ2) is 4.77. The minimum Gasteiger partial charge on any atom is -0.383 e. The fourth-order valence-corrected chi connectivity index (χ4v) is 0.493. The van der Waals surface area contributed by atoms with Crippen molar-refractivity contribution in [2.75, 3.05) is 27.3 Å². The van der Waals surface area contributed by atoms with Gasteiger partial charge in [0.15, 0.2) is 0 Å². The summed E-state index contributed by atoms with van der Waals surface area (Å²) in [4.78, 5) is 2.25.